The second-order valence-electron chi connectivity index (χ2n) is 4.68. The minimum Gasteiger partial charge on any atom is -0.387 e. The average Bonchev–Trinajstić information content (AvgIpc) is 2.84. The zero-order chi connectivity index (χ0) is 14.1. The lowest BCUT2D eigenvalue weighted by Gasteiger charge is -2.08. The third kappa shape index (κ3) is 2.92. The fourth-order valence-electron chi connectivity index (χ4n) is 2.13. The summed E-state index contributed by atoms with van der Waals surface area (Å²) in [4.78, 5) is 0.869. The number of aliphatic hydroxyl groups is 1. The molecule has 4 heteroatoms. The third-order valence-corrected chi connectivity index (χ3v) is 4.90. The molecule has 0 aliphatic carbocycles. The Balaban J connectivity index is 1.84. The van der Waals surface area contributed by atoms with Crippen LogP contribution >= 0.6 is 27.3 Å². The molecule has 20 heavy (non-hydrogen) atoms. The lowest BCUT2D eigenvalue weighted by molar-refractivity contribution is 0.182. The predicted octanol–water partition coefficient (Wildman–Crippen LogP) is 5.08. The van der Waals surface area contributed by atoms with E-state index in [4.69, 9.17) is 0 Å². The van der Waals surface area contributed by atoms with Crippen molar-refractivity contribution in [1.82, 2.24) is 0 Å². The van der Waals surface area contributed by atoms with Crippen molar-refractivity contribution >= 4 is 37.4 Å². The Kier molecular flexibility index (Phi) is 3.87. The van der Waals surface area contributed by atoms with Crippen molar-refractivity contribution in [2.75, 3.05) is 0 Å². The molecule has 0 radical (unpaired) electrons. The van der Waals surface area contributed by atoms with E-state index in [-0.39, 0.29) is 5.82 Å². The molecule has 0 aliphatic heterocycles. The van der Waals surface area contributed by atoms with Gasteiger partial charge in [-0.3, -0.25) is 0 Å². The topological polar surface area (TPSA) is 20.2 Å². The highest BCUT2D eigenvalue weighted by Gasteiger charge is 2.12. The SMILES string of the molecule is OC(Cc1ccc(Br)cc1)c1cc2ccc(F)cc2s1. The van der Waals surface area contributed by atoms with Crippen molar-refractivity contribution in [2.45, 2.75) is 12.5 Å². The number of fused-ring (bicyclic) bond motifs is 1. The highest BCUT2D eigenvalue weighted by Crippen LogP contribution is 2.32. The molecule has 0 saturated heterocycles. The van der Waals surface area contributed by atoms with Crippen LogP contribution in [0.25, 0.3) is 10.1 Å². The summed E-state index contributed by atoms with van der Waals surface area (Å²) >= 11 is 4.83. The first-order valence-corrected chi connectivity index (χ1v) is 7.84. The Morgan fingerprint density at radius 1 is 1.10 bits per heavy atom. The zero-order valence-electron chi connectivity index (χ0n) is 10.5. The number of rotatable bonds is 3. The molecule has 1 heterocycles. The van der Waals surface area contributed by atoms with E-state index in [9.17, 15) is 9.50 Å². The summed E-state index contributed by atoms with van der Waals surface area (Å²) in [6, 6.07) is 14.5. The van der Waals surface area contributed by atoms with Crippen molar-refractivity contribution in [1.29, 1.82) is 0 Å². The minimum absolute atomic E-state index is 0.242. The fourth-order valence-corrected chi connectivity index (χ4v) is 3.47. The molecule has 0 amide bonds. The molecule has 1 aromatic heterocycles. The van der Waals surface area contributed by atoms with Gasteiger partial charge in [-0.2, -0.15) is 0 Å². The van der Waals surface area contributed by atoms with Crippen molar-refractivity contribution in [3.05, 3.63) is 69.3 Å². The molecule has 0 spiro atoms. The maximum atomic E-state index is 13.2. The van der Waals surface area contributed by atoms with Gasteiger partial charge in [-0.1, -0.05) is 34.1 Å². The first kappa shape index (κ1) is 13.7. The van der Waals surface area contributed by atoms with Gasteiger partial charge in [0, 0.05) is 20.5 Å². The molecule has 102 valence electrons. The van der Waals surface area contributed by atoms with E-state index < -0.39 is 6.10 Å². The highest BCUT2D eigenvalue weighted by molar-refractivity contribution is 9.10. The van der Waals surface area contributed by atoms with E-state index in [2.05, 4.69) is 15.9 Å². The van der Waals surface area contributed by atoms with Crippen molar-refractivity contribution in [2.24, 2.45) is 0 Å². The van der Waals surface area contributed by atoms with E-state index >= 15 is 0 Å². The summed E-state index contributed by atoms with van der Waals surface area (Å²) in [5.74, 6) is -0.242. The number of aliphatic hydroxyl groups excluding tert-OH is 1. The van der Waals surface area contributed by atoms with Gasteiger partial charge in [0.15, 0.2) is 0 Å². The Bertz CT molecular complexity index is 736. The standard InChI is InChI=1S/C16H12BrFOS/c17-12-4-1-10(2-5-12)7-14(19)16-8-11-3-6-13(18)9-15(11)20-16/h1-6,8-9,14,19H,7H2. The summed E-state index contributed by atoms with van der Waals surface area (Å²) < 4.78 is 15.1. The molecule has 0 saturated carbocycles. The fraction of sp³-hybridized carbons (Fsp3) is 0.125. The van der Waals surface area contributed by atoms with Crippen molar-refractivity contribution < 1.29 is 9.50 Å². The summed E-state index contributed by atoms with van der Waals surface area (Å²) in [5, 5.41) is 11.3. The molecule has 1 N–H and O–H groups in total. The van der Waals surface area contributed by atoms with E-state index in [0.717, 1.165) is 25.0 Å². The Labute approximate surface area is 128 Å². The smallest absolute Gasteiger partial charge is 0.124 e. The van der Waals surface area contributed by atoms with Gasteiger partial charge in [0.05, 0.1) is 6.10 Å². The quantitative estimate of drug-likeness (QED) is 0.698. The zero-order valence-corrected chi connectivity index (χ0v) is 12.9. The van der Waals surface area contributed by atoms with E-state index in [1.807, 2.05) is 30.3 Å². The number of halogens is 2. The normalized spacial score (nSPS) is 12.8. The number of thiophene rings is 1. The van der Waals surface area contributed by atoms with Crippen LogP contribution in [0.1, 0.15) is 16.5 Å². The third-order valence-electron chi connectivity index (χ3n) is 3.17. The minimum atomic E-state index is -0.559. The Hall–Kier alpha value is -1.23. The number of hydrogen-bond acceptors (Lipinski definition) is 2. The second-order valence-corrected chi connectivity index (χ2v) is 6.71. The van der Waals surface area contributed by atoms with Crippen LogP contribution < -0.4 is 0 Å². The number of benzene rings is 2. The molecule has 3 rings (SSSR count). The largest absolute Gasteiger partial charge is 0.387 e. The molecule has 2 aromatic carbocycles. The van der Waals surface area contributed by atoms with E-state index in [0.29, 0.717) is 6.42 Å². The molecular weight excluding hydrogens is 339 g/mol. The van der Waals surface area contributed by atoms with Crippen LogP contribution in [0.2, 0.25) is 0 Å². The summed E-state index contributed by atoms with van der Waals surface area (Å²) in [5.41, 5.74) is 1.07. The summed E-state index contributed by atoms with van der Waals surface area (Å²) in [6.45, 7) is 0. The van der Waals surface area contributed by atoms with Gasteiger partial charge in [0.25, 0.3) is 0 Å². The highest BCUT2D eigenvalue weighted by atomic mass is 79.9. The van der Waals surface area contributed by atoms with Gasteiger partial charge >= 0.3 is 0 Å². The van der Waals surface area contributed by atoms with Gasteiger partial charge in [-0.15, -0.1) is 11.3 Å². The molecule has 0 bridgehead atoms. The predicted molar refractivity (Wildman–Crippen MR) is 84.6 cm³/mol. The molecule has 3 aromatic rings. The Morgan fingerprint density at radius 2 is 1.85 bits per heavy atom. The molecule has 1 atom stereocenters. The lowest BCUT2D eigenvalue weighted by Crippen LogP contribution is -1.99. The summed E-state index contributed by atoms with van der Waals surface area (Å²) in [7, 11) is 0. The van der Waals surface area contributed by atoms with Gasteiger partial charge in [-0.25, -0.2) is 4.39 Å². The van der Waals surface area contributed by atoms with Crippen LogP contribution in [0.3, 0.4) is 0 Å². The maximum absolute atomic E-state index is 13.2. The summed E-state index contributed by atoms with van der Waals surface area (Å²) in [6.07, 6.45) is -0.000551. The van der Waals surface area contributed by atoms with Crippen LogP contribution in [-0.2, 0) is 6.42 Å². The van der Waals surface area contributed by atoms with E-state index in [1.54, 1.807) is 6.07 Å². The van der Waals surface area contributed by atoms with Gasteiger partial charge in [0.1, 0.15) is 5.82 Å². The van der Waals surface area contributed by atoms with Crippen LogP contribution in [0, 0.1) is 5.82 Å². The molecular formula is C16H12BrFOS. The molecule has 1 nitrogen and oxygen atoms in total. The van der Waals surface area contributed by atoms with Gasteiger partial charge < -0.3 is 5.11 Å². The Morgan fingerprint density at radius 3 is 2.60 bits per heavy atom. The average molecular weight is 351 g/mol. The van der Waals surface area contributed by atoms with Crippen LogP contribution in [0.4, 0.5) is 4.39 Å². The molecule has 0 aliphatic rings. The number of hydrogen-bond donors (Lipinski definition) is 1. The monoisotopic (exact) mass is 350 g/mol. The van der Waals surface area contributed by atoms with Gasteiger partial charge in [0.2, 0.25) is 0 Å². The first-order chi connectivity index (χ1) is 9.61. The maximum Gasteiger partial charge on any atom is 0.124 e. The van der Waals surface area contributed by atoms with Crippen molar-refractivity contribution in [3.63, 3.8) is 0 Å². The molecule has 0 fully saturated rings. The van der Waals surface area contributed by atoms with Crippen LogP contribution in [-0.4, -0.2) is 5.11 Å². The van der Waals surface area contributed by atoms with Crippen molar-refractivity contribution in [3.8, 4) is 0 Å². The van der Waals surface area contributed by atoms with Crippen LogP contribution in [0.5, 0.6) is 0 Å². The lowest BCUT2D eigenvalue weighted by atomic mass is 10.1. The second kappa shape index (κ2) is 5.64. The first-order valence-electron chi connectivity index (χ1n) is 6.23. The van der Waals surface area contributed by atoms with Gasteiger partial charge in [-0.05, 0) is 41.3 Å². The van der Waals surface area contributed by atoms with Crippen LogP contribution in [0.15, 0.2) is 53.0 Å². The molecule has 1 unspecified atom stereocenters. The van der Waals surface area contributed by atoms with E-state index in [1.165, 1.54) is 23.5 Å².